The number of nitrogens with zero attached hydrogens (tertiary/aromatic N) is 1. The van der Waals surface area contributed by atoms with Gasteiger partial charge in [0.05, 0.1) is 4.92 Å². The number of nitro groups is 1. The fourth-order valence-corrected chi connectivity index (χ4v) is 2.64. The third-order valence-electron chi connectivity index (χ3n) is 2.71. The van der Waals surface area contributed by atoms with E-state index in [4.69, 9.17) is 0 Å². The van der Waals surface area contributed by atoms with E-state index in [1.54, 1.807) is 35.6 Å². The van der Waals surface area contributed by atoms with Crippen molar-refractivity contribution in [1.82, 2.24) is 5.32 Å². The molecule has 0 saturated heterocycles. The second-order valence-electron chi connectivity index (χ2n) is 4.61. The van der Waals surface area contributed by atoms with E-state index in [1.807, 2.05) is 0 Å². The molecule has 5 heteroatoms. The fraction of sp³-hybridized carbons (Fsp3) is 0.286. The standard InChI is InChI=1S/C14H16N2O2S/c1-10(2)15-9-13-7-8-14(19-13)11-3-5-12(6-4-11)16(17)18/h3-8,10,15H,9H2,1-2H3. The van der Waals surface area contributed by atoms with Crippen LogP contribution in [-0.4, -0.2) is 11.0 Å². The molecule has 0 aliphatic rings. The summed E-state index contributed by atoms with van der Waals surface area (Å²) in [4.78, 5) is 12.6. The van der Waals surface area contributed by atoms with Crippen molar-refractivity contribution in [1.29, 1.82) is 0 Å². The lowest BCUT2D eigenvalue weighted by Crippen LogP contribution is -2.21. The Morgan fingerprint density at radius 1 is 1.21 bits per heavy atom. The Kier molecular flexibility index (Phi) is 4.29. The van der Waals surface area contributed by atoms with Gasteiger partial charge < -0.3 is 5.32 Å². The first-order chi connectivity index (χ1) is 9.06. The van der Waals surface area contributed by atoms with Crippen molar-refractivity contribution >= 4 is 17.0 Å². The Balaban J connectivity index is 2.11. The van der Waals surface area contributed by atoms with Crippen LogP contribution in [0, 0.1) is 10.1 Å². The van der Waals surface area contributed by atoms with Crippen LogP contribution < -0.4 is 5.32 Å². The van der Waals surface area contributed by atoms with Crippen LogP contribution >= 0.6 is 11.3 Å². The molecule has 4 nitrogen and oxygen atoms in total. The number of thiophene rings is 1. The Labute approximate surface area is 116 Å². The van der Waals surface area contributed by atoms with Gasteiger partial charge in [-0.3, -0.25) is 10.1 Å². The van der Waals surface area contributed by atoms with E-state index in [1.165, 1.54) is 4.88 Å². The highest BCUT2D eigenvalue weighted by atomic mass is 32.1. The molecule has 0 aliphatic heterocycles. The van der Waals surface area contributed by atoms with Gasteiger partial charge in [-0.25, -0.2) is 0 Å². The number of nitrogens with one attached hydrogen (secondary N) is 1. The van der Waals surface area contributed by atoms with Gasteiger partial charge in [0, 0.05) is 34.5 Å². The fourth-order valence-electron chi connectivity index (χ4n) is 1.68. The summed E-state index contributed by atoms with van der Waals surface area (Å²) in [5, 5.41) is 14.0. The molecule has 0 aliphatic carbocycles. The lowest BCUT2D eigenvalue weighted by Gasteiger charge is -2.05. The van der Waals surface area contributed by atoms with Gasteiger partial charge in [-0.15, -0.1) is 11.3 Å². The van der Waals surface area contributed by atoms with E-state index in [9.17, 15) is 10.1 Å². The predicted molar refractivity (Wildman–Crippen MR) is 78.4 cm³/mol. The monoisotopic (exact) mass is 276 g/mol. The van der Waals surface area contributed by atoms with Gasteiger partial charge in [0.1, 0.15) is 0 Å². The summed E-state index contributed by atoms with van der Waals surface area (Å²) in [5.41, 5.74) is 1.15. The summed E-state index contributed by atoms with van der Waals surface area (Å²) >= 11 is 1.71. The van der Waals surface area contributed by atoms with Crippen molar-refractivity contribution in [3.8, 4) is 10.4 Å². The second kappa shape index (κ2) is 5.95. The largest absolute Gasteiger partial charge is 0.310 e. The smallest absolute Gasteiger partial charge is 0.269 e. The van der Waals surface area contributed by atoms with Crippen LogP contribution in [0.5, 0.6) is 0 Å². The van der Waals surface area contributed by atoms with Crippen LogP contribution in [0.15, 0.2) is 36.4 Å². The zero-order valence-electron chi connectivity index (χ0n) is 10.9. The van der Waals surface area contributed by atoms with E-state index in [0.29, 0.717) is 6.04 Å². The zero-order valence-corrected chi connectivity index (χ0v) is 11.7. The van der Waals surface area contributed by atoms with E-state index < -0.39 is 0 Å². The van der Waals surface area contributed by atoms with Crippen molar-refractivity contribution in [3.63, 3.8) is 0 Å². The average Bonchev–Trinajstić information content (AvgIpc) is 2.85. The quantitative estimate of drug-likeness (QED) is 0.667. The molecule has 100 valence electrons. The summed E-state index contributed by atoms with van der Waals surface area (Å²) in [6.07, 6.45) is 0. The molecular weight excluding hydrogens is 260 g/mol. The Bertz CT molecular complexity index is 561. The van der Waals surface area contributed by atoms with Gasteiger partial charge in [0.25, 0.3) is 5.69 Å². The van der Waals surface area contributed by atoms with Gasteiger partial charge in [-0.2, -0.15) is 0 Å². The molecule has 1 aromatic heterocycles. The number of hydrogen-bond acceptors (Lipinski definition) is 4. The highest BCUT2D eigenvalue weighted by Crippen LogP contribution is 2.29. The van der Waals surface area contributed by atoms with Gasteiger partial charge in [0.2, 0.25) is 0 Å². The molecule has 0 amide bonds. The molecule has 0 saturated carbocycles. The summed E-state index contributed by atoms with van der Waals surface area (Å²) in [6, 6.07) is 11.3. The molecule has 0 unspecified atom stereocenters. The highest BCUT2D eigenvalue weighted by Gasteiger charge is 2.07. The SMILES string of the molecule is CC(C)NCc1ccc(-c2ccc([N+](=O)[O-])cc2)s1. The maximum atomic E-state index is 10.6. The molecule has 2 rings (SSSR count). The normalized spacial score (nSPS) is 10.9. The van der Waals surface area contributed by atoms with Crippen LogP contribution in [0.1, 0.15) is 18.7 Å². The van der Waals surface area contributed by atoms with E-state index in [2.05, 4.69) is 31.3 Å². The van der Waals surface area contributed by atoms with Crippen LogP contribution in [0.25, 0.3) is 10.4 Å². The van der Waals surface area contributed by atoms with Crippen LogP contribution in [0.4, 0.5) is 5.69 Å². The third-order valence-corrected chi connectivity index (χ3v) is 3.84. The number of rotatable bonds is 5. The summed E-state index contributed by atoms with van der Waals surface area (Å²) in [6.45, 7) is 5.09. The van der Waals surface area contributed by atoms with Gasteiger partial charge >= 0.3 is 0 Å². The van der Waals surface area contributed by atoms with Crippen molar-refractivity contribution in [2.24, 2.45) is 0 Å². The molecule has 19 heavy (non-hydrogen) atoms. The van der Waals surface area contributed by atoms with Crippen molar-refractivity contribution in [3.05, 3.63) is 51.4 Å². The Hall–Kier alpha value is -1.72. The molecule has 1 aromatic carbocycles. The van der Waals surface area contributed by atoms with Crippen LogP contribution in [0.3, 0.4) is 0 Å². The minimum absolute atomic E-state index is 0.127. The van der Waals surface area contributed by atoms with Gasteiger partial charge in [-0.1, -0.05) is 13.8 Å². The first kappa shape index (κ1) is 13.7. The highest BCUT2D eigenvalue weighted by molar-refractivity contribution is 7.15. The zero-order chi connectivity index (χ0) is 13.8. The topological polar surface area (TPSA) is 55.2 Å². The minimum Gasteiger partial charge on any atom is -0.310 e. The molecule has 0 radical (unpaired) electrons. The molecule has 0 fully saturated rings. The number of nitro benzene ring substituents is 1. The Morgan fingerprint density at radius 3 is 2.47 bits per heavy atom. The van der Waals surface area contributed by atoms with E-state index in [-0.39, 0.29) is 10.6 Å². The molecule has 0 atom stereocenters. The first-order valence-electron chi connectivity index (χ1n) is 6.13. The molecular formula is C14H16N2O2S. The van der Waals surface area contributed by atoms with Crippen LogP contribution in [0.2, 0.25) is 0 Å². The molecule has 1 N–H and O–H groups in total. The summed E-state index contributed by atoms with van der Waals surface area (Å²) in [5.74, 6) is 0. The predicted octanol–water partition coefficient (Wildman–Crippen LogP) is 3.82. The number of non-ortho nitro benzene ring substituents is 1. The molecule has 0 bridgehead atoms. The minimum atomic E-state index is -0.379. The number of benzene rings is 1. The van der Waals surface area contributed by atoms with Crippen molar-refractivity contribution in [2.75, 3.05) is 0 Å². The van der Waals surface area contributed by atoms with Crippen molar-refractivity contribution < 1.29 is 4.92 Å². The van der Waals surface area contributed by atoms with Gasteiger partial charge in [0.15, 0.2) is 0 Å². The first-order valence-corrected chi connectivity index (χ1v) is 6.95. The lowest BCUT2D eigenvalue weighted by molar-refractivity contribution is -0.384. The number of hydrogen-bond donors (Lipinski definition) is 1. The van der Waals surface area contributed by atoms with E-state index >= 15 is 0 Å². The van der Waals surface area contributed by atoms with Crippen molar-refractivity contribution in [2.45, 2.75) is 26.4 Å². The maximum Gasteiger partial charge on any atom is 0.269 e. The molecule has 1 heterocycles. The Morgan fingerprint density at radius 2 is 1.89 bits per heavy atom. The van der Waals surface area contributed by atoms with Gasteiger partial charge in [-0.05, 0) is 29.8 Å². The van der Waals surface area contributed by atoms with Crippen LogP contribution in [-0.2, 0) is 6.54 Å². The third kappa shape index (κ3) is 3.62. The second-order valence-corrected chi connectivity index (χ2v) is 5.77. The maximum absolute atomic E-state index is 10.6. The summed E-state index contributed by atoms with van der Waals surface area (Å²) < 4.78 is 0. The molecule has 2 aromatic rings. The summed E-state index contributed by atoms with van der Waals surface area (Å²) in [7, 11) is 0. The average molecular weight is 276 g/mol. The van der Waals surface area contributed by atoms with E-state index in [0.717, 1.165) is 17.0 Å². The lowest BCUT2D eigenvalue weighted by atomic mass is 10.2. The molecule has 0 spiro atoms.